The third kappa shape index (κ3) is 2.40. The van der Waals surface area contributed by atoms with Crippen molar-refractivity contribution in [3.8, 4) is 0 Å². The van der Waals surface area contributed by atoms with E-state index < -0.39 is 6.04 Å². The lowest BCUT2D eigenvalue weighted by Crippen LogP contribution is -2.53. The van der Waals surface area contributed by atoms with E-state index in [1.165, 1.54) is 23.3 Å². The van der Waals surface area contributed by atoms with E-state index in [1.807, 2.05) is 32.1 Å². The predicted molar refractivity (Wildman–Crippen MR) is 82.6 cm³/mol. The summed E-state index contributed by atoms with van der Waals surface area (Å²) in [4.78, 5) is 16.4. The molecule has 3 rings (SSSR count). The van der Waals surface area contributed by atoms with Crippen LogP contribution in [0.1, 0.15) is 50.1 Å². The zero-order chi connectivity index (χ0) is 14.5. The van der Waals surface area contributed by atoms with Gasteiger partial charge < -0.3 is 10.6 Å². The molecule has 0 spiro atoms. The molecule has 2 aliphatic rings. The first-order valence-electron chi connectivity index (χ1n) is 7.52. The van der Waals surface area contributed by atoms with E-state index in [9.17, 15) is 4.79 Å². The minimum atomic E-state index is -0.413. The Labute approximate surface area is 125 Å². The molecule has 2 unspecified atom stereocenters. The number of carbonyl (C=O) groups excluding carboxylic acids is 1. The van der Waals surface area contributed by atoms with Crippen molar-refractivity contribution in [2.75, 3.05) is 6.54 Å². The molecular weight excluding hydrogens is 268 g/mol. The van der Waals surface area contributed by atoms with Crippen LogP contribution in [0, 0.1) is 11.3 Å². The normalized spacial score (nSPS) is 24.4. The van der Waals surface area contributed by atoms with Gasteiger partial charge in [0, 0.05) is 11.4 Å². The zero-order valence-electron chi connectivity index (χ0n) is 12.6. The van der Waals surface area contributed by atoms with E-state index in [4.69, 9.17) is 5.73 Å². The van der Waals surface area contributed by atoms with Gasteiger partial charge in [0.05, 0.1) is 12.1 Å². The van der Waals surface area contributed by atoms with Crippen LogP contribution in [-0.4, -0.2) is 23.4 Å². The second-order valence-corrected chi connectivity index (χ2v) is 8.21. The van der Waals surface area contributed by atoms with E-state index in [-0.39, 0.29) is 17.4 Å². The standard InChI is InChI=1S/C16H24N2OS/c1-16(2,3)14(17)15(19)18-8-6-12-11(7-9-20-12)13(18)10-4-5-10/h7,9-10,13-14H,4-6,8,17H2,1-3H3. The van der Waals surface area contributed by atoms with E-state index in [0.717, 1.165) is 13.0 Å². The summed E-state index contributed by atoms with van der Waals surface area (Å²) in [5, 5.41) is 2.16. The first kappa shape index (κ1) is 14.1. The number of thiophene rings is 1. The van der Waals surface area contributed by atoms with Gasteiger partial charge in [-0.2, -0.15) is 0 Å². The molecule has 0 saturated heterocycles. The van der Waals surface area contributed by atoms with Gasteiger partial charge in [-0.15, -0.1) is 11.3 Å². The summed E-state index contributed by atoms with van der Waals surface area (Å²) in [6.07, 6.45) is 3.47. The van der Waals surface area contributed by atoms with Gasteiger partial charge in [-0.05, 0) is 47.6 Å². The van der Waals surface area contributed by atoms with Crippen LogP contribution >= 0.6 is 11.3 Å². The van der Waals surface area contributed by atoms with Gasteiger partial charge in [0.2, 0.25) is 5.91 Å². The van der Waals surface area contributed by atoms with Crippen LogP contribution in [0.25, 0.3) is 0 Å². The van der Waals surface area contributed by atoms with Crippen molar-refractivity contribution in [1.29, 1.82) is 0 Å². The number of hydrogen-bond acceptors (Lipinski definition) is 3. The third-order valence-corrected chi connectivity index (χ3v) is 5.56. The van der Waals surface area contributed by atoms with Gasteiger partial charge >= 0.3 is 0 Å². The summed E-state index contributed by atoms with van der Waals surface area (Å²) in [5.41, 5.74) is 7.42. The van der Waals surface area contributed by atoms with Gasteiger partial charge in [0.1, 0.15) is 0 Å². The van der Waals surface area contributed by atoms with Gasteiger partial charge in [0.15, 0.2) is 0 Å². The van der Waals surface area contributed by atoms with Crippen molar-refractivity contribution in [2.24, 2.45) is 17.1 Å². The van der Waals surface area contributed by atoms with Crippen molar-refractivity contribution in [1.82, 2.24) is 4.90 Å². The number of carbonyl (C=O) groups is 1. The quantitative estimate of drug-likeness (QED) is 0.911. The van der Waals surface area contributed by atoms with E-state index in [1.54, 1.807) is 0 Å². The minimum Gasteiger partial charge on any atom is -0.334 e. The average Bonchev–Trinajstić information content (AvgIpc) is 3.11. The van der Waals surface area contributed by atoms with Gasteiger partial charge in [-0.1, -0.05) is 20.8 Å². The summed E-state index contributed by atoms with van der Waals surface area (Å²) >= 11 is 1.83. The molecule has 0 bridgehead atoms. The van der Waals surface area contributed by atoms with E-state index in [2.05, 4.69) is 16.3 Å². The van der Waals surface area contributed by atoms with E-state index in [0.29, 0.717) is 5.92 Å². The third-order valence-electron chi connectivity index (χ3n) is 4.56. The Morgan fingerprint density at radius 1 is 1.45 bits per heavy atom. The van der Waals surface area contributed by atoms with Crippen LogP contribution in [0.15, 0.2) is 11.4 Å². The number of nitrogens with two attached hydrogens (primary N) is 1. The predicted octanol–water partition coefficient (Wildman–Crippen LogP) is 2.96. The Morgan fingerprint density at radius 2 is 2.15 bits per heavy atom. The van der Waals surface area contributed by atoms with Crippen molar-refractivity contribution >= 4 is 17.2 Å². The maximum atomic E-state index is 12.8. The second-order valence-electron chi connectivity index (χ2n) is 7.21. The van der Waals surface area contributed by atoms with Gasteiger partial charge in [-0.25, -0.2) is 0 Å². The van der Waals surface area contributed by atoms with Crippen LogP contribution < -0.4 is 5.73 Å². The van der Waals surface area contributed by atoms with Gasteiger partial charge in [-0.3, -0.25) is 4.79 Å². The van der Waals surface area contributed by atoms with Crippen molar-refractivity contribution in [3.63, 3.8) is 0 Å². The summed E-state index contributed by atoms with van der Waals surface area (Å²) in [6.45, 7) is 6.96. The molecule has 2 N–H and O–H groups in total. The highest BCUT2D eigenvalue weighted by Crippen LogP contribution is 2.48. The number of fused-ring (bicyclic) bond motifs is 1. The molecule has 110 valence electrons. The van der Waals surface area contributed by atoms with Crippen LogP contribution in [0.2, 0.25) is 0 Å². The molecule has 0 aromatic carbocycles. The summed E-state index contributed by atoms with van der Waals surface area (Å²) in [5.74, 6) is 0.783. The highest BCUT2D eigenvalue weighted by atomic mass is 32.1. The molecule has 1 aliphatic carbocycles. The molecule has 2 atom stereocenters. The molecule has 0 radical (unpaired) electrons. The Balaban J connectivity index is 1.88. The zero-order valence-corrected chi connectivity index (χ0v) is 13.4. The first-order valence-corrected chi connectivity index (χ1v) is 8.40. The fourth-order valence-electron chi connectivity index (χ4n) is 3.06. The first-order chi connectivity index (χ1) is 9.39. The van der Waals surface area contributed by atoms with Gasteiger partial charge in [0.25, 0.3) is 0 Å². The molecular formula is C16H24N2OS. The monoisotopic (exact) mass is 292 g/mol. The van der Waals surface area contributed by atoms with E-state index >= 15 is 0 Å². The number of hydrogen-bond donors (Lipinski definition) is 1. The molecule has 2 heterocycles. The Hall–Kier alpha value is -0.870. The summed E-state index contributed by atoms with van der Waals surface area (Å²) < 4.78 is 0. The number of amides is 1. The van der Waals surface area contributed by atoms with Crippen LogP contribution in [0.4, 0.5) is 0 Å². The maximum Gasteiger partial charge on any atom is 0.240 e. The smallest absolute Gasteiger partial charge is 0.240 e. The van der Waals surface area contributed by atoms with Crippen LogP contribution in [0.3, 0.4) is 0 Å². The largest absolute Gasteiger partial charge is 0.334 e. The molecule has 3 nitrogen and oxygen atoms in total. The number of nitrogens with zero attached hydrogens (tertiary/aromatic N) is 1. The molecule has 4 heteroatoms. The lowest BCUT2D eigenvalue weighted by atomic mass is 9.85. The SMILES string of the molecule is CC(C)(C)C(N)C(=O)N1CCc2sccc2C1C1CC1. The Kier molecular flexibility index (Phi) is 3.41. The Bertz CT molecular complexity index is 513. The molecule has 1 aromatic heterocycles. The maximum absolute atomic E-state index is 12.8. The van der Waals surface area contributed by atoms with Crippen LogP contribution in [0.5, 0.6) is 0 Å². The minimum absolute atomic E-state index is 0.131. The lowest BCUT2D eigenvalue weighted by Gasteiger charge is -2.40. The summed E-state index contributed by atoms with van der Waals surface area (Å²) in [6, 6.07) is 2.08. The van der Waals surface area contributed by atoms with Crippen molar-refractivity contribution < 1.29 is 4.79 Å². The van der Waals surface area contributed by atoms with Crippen molar-refractivity contribution in [3.05, 3.63) is 21.9 Å². The fraction of sp³-hybridized carbons (Fsp3) is 0.688. The second kappa shape index (κ2) is 4.85. The topological polar surface area (TPSA) is 46.3 Å². The lowest BCUT2D eigenvalue weighted by molar-refractivity contribution is -0.138. The molecule has 1 amide bonds. The number of rotatable bonds is 2. The Morgan fingerprint density at radius 3 is 2.75 bits per heavy atom. The molecule has 1 aliphatic heterocycles. The highest BCUT2D eigenvalue weighted by Gasteiger charge is 2.44. The molecule has 1 aromatic rings. The molecule has 20 heavy (non-hydrogen) atoms. The average molecular weight is 292 g/mol. The highest BCUT2D eigenvalue weighted by molar-refractivity contribution is 7.10. The fourth-order valence-corrected chi connectivity index (χ4v) is 3.98. The van der Waals surface area contributed by atoms with Crippen molar-refractivity contribution in [2.45, 2.75) is 52.1 Å². The van der Waals surface area contributed by atoms with Crippen LogP contribution in [-0.2, 0) is 11.2 Å². The summed E-state index contributed by atoms with van der Waals surface area (Å²) in [7, 11) is 0. The molecule has 1 fully saturated rings. The molecule has 1 saturated carbocycles.